The Morgan fingerprint density at radius 1 is 0.207 bits per heavy atom. The molecule has 8 aromatic carbocycles. The van der Waals surface area contributed by atoms with Gasteiger partial charge in [0.25, 0.3) is 0 Å². The smallest absolute Gasteiger partial charge is 0.0857 e. The highest BCUT2D eigenvalue weighted by Crippen LogP contribution is 2.47. The van der Waals surface area contributed by atoms with Crippen LogP contribution in [0.15, 0.2) is 204 Å². The van der Waals surface area contributed by atoms with E-state index in [4.69, 9.17) is 10.2 Å². The van der Waals surface area contributed by atoms with Gasteiger partial charge in [-0.15, -0.1) is 0 Å². The molecule has 0 spiro atoms. The van der Waals surface area contributed by atoms with Crippen LogP contribution in [0.25, 0.3) is 0 Å². The van der Waals surface area contributed by atoms with Crippen molar-refractivity contribution < 1.29 is 0 Å². The first kappa shape index (κ1) is 38.2. The average molecular weight is 751 g/mol. The lowest BCUT2D eigenvalue weighted by molar-refractivity contribution is 0.743. The normalized spacial score (nSPS) is 11.9. The van der Waals surface area contributed by atoms with Crippen LogP contribution in [0.5, 0.6) is 0 Å². The molecule has 0 aromatic heterocycles. The van der Waals surface area contributed by atoms with Gasteiger partial charge in [0.05, 0.1) is 22.2 Å². The molecule has 0 heterocycles. The number of hydrogen-bond donors (Lipinski definition) is 0. The zero-order valence-corrected chi connectivity index (χ0v) is 34.4. The van der Waals surface area contributed by atoms with Crippen LogP contribution in [-0.2, 0) is 10.8 Å². The van der Waals surface area contributed by atoms with E-state index in [-0.39, 0.29) is 0 Å². The van der Waals surface area contributed by atoms with Crippen LogP contribution in [0.2, 0.25) is 0 Å². The second-order valence-corrected chi connectivity index (χ2v) is 16.0. The van der Waals surface area contributed by atoms with E-state index in [2.05, 4.69) is 236 Å². The van der Waals surface area contributed by atoms with Crippen molar-refractivity contribution in [2.24, 2.45) is 10.2 Å². The molecule has 0 fully saturated rings. The van der Waals surface area contributed by atoms with Crippen LogP contribution in [0.4, 0.5) is 11.4 Å². The van der Waals surface area contributed by atoms with Crippen LogP contribution < -0.4 is 0 Å². The molecule has 0 radical (unpaired) electrons. The van der Waals surface area contributed by atoms with Crippen molar-refractivity contribution in [3.05, 3.63) is 272 Å². The van der Waals surface area contributed by atoms with Crippen LogP contribution in [0.1, 0.15) is 77.9 Å². The number of benzene rings is 8. The molecular formula is C56H50N2. The van der Waals surface area contributed by atoms with Gasteiger partial charge >= 0.3 is 0 Å². The molecule has 2 heteroatoms. The summed E-state index contributed by atoms with van der Waals surface area (Å²) in [6.45, 7) is 12.9. The summed E-state index contributed by atoms with van der Waals surface area (Å²) in [7, 11) is 0. The summed E-state index contributed by atoms with van der Waals surface area (Å²) >= 11 is 0. The molecule has 8 aromatic rings. The summed E-state index contributed by atoms with van der Waals surface area (Å²) in [6, 6.07) is 71.1. The Balaban J connectivity index is 1.19. The average Bonchev–Trinajstić information content (AvgIpc) is 3.25. The topological polar surface area (TPSA) is 24.7 Å². The Morgan fingerprint density at radius 2 is 0.345 bits per heavy atom. The molecule has 0 bridgehead atoms. The molecule has 284 valence electrons. The Hall–Kier alpha value is -6.64. The third kappa shape index (κ3) is 7.23. The van der Waals surface area contributed by atoms with Gasteiger partial charge in [0, 0.05) is 0 Å². The first-order valence-electron chi connectivity index (χ1n) is 20.2. The monoisotopic (exact) mass is 750 g/mol. The first-order chi connectivity index (χ1) is 28.2. The standard InChI is InChI=1S/C56H50N2/c1-39-7-19-45(20-8-39)55(46-21-9-40(2)10-22-46,47-23-11-41(3)12-24-47)51-31-35-53(36-32-51)57-58-54-37-33-52(34-38-54)56(48-25-13-42(4)14-26-48,49-27-15-43(5)16-28-49)50-29-17-44(6)18-30-50/h7-38H,1-6H3. The molecule has 0 aliphatic rings. The number of aryl methyl sites for hydroxylation is 6. The van der Waals surface area contributed by atoms with E-state index in [9.17, 15) is 0 Å². The lowest BCUT2D eigenvalue weighted by Crippen LogP contribution is -2.31. The Kier molecular flexibility index (Phi) is 10.6. The first-order valence-corrected chi connectivity index (χ1v) is 20.2. The van der Waals surface area contributed by atoms with Gasteiger partial charge in [-0.3, -0.25) is 0 Å². The number of hydrogen-bond acceptors (Lipinski definition) is 2. The summed E-state index contributed by atoms with van der Waals surface area (Å²) < 4.78 is 0. The molecule has 58 heavy (non-hydrogen) atoms. The van der Waals surface area contributed by atoms with Crippen molar-refractivity contribution >= 4 is 11.4 Å². The molecule has 0 saturated carbocycles. The van der Waals surface area contributed by atoms with Gasteiger partial charge in [-0.05, 0) is 110 Å². The fourth-order valence-corrected chi connectivity index (χ4v) is 8.49. The van der Waals surface area contributed by atoms with E-state index in [0.29, 0.717) is 0 Å². The number of azo groups is 1. The molecule has 0 amide bonds. The van der Waals surface area contributed by atoms with E-state index in [1.807, 2.05) is 0 Å². The third-order valence-electron chi connectivity index (χ3n) is 11.8. The minimum Gasteiger partial charge on any atom is -0.151 e. The molecule has 0 aliphatic carbocycles. The van der Waals surface area contributed by atoms with E-state index in [1.165, 1.54) is 77.9 Å². The fraction of sp³-hybridized carbons (Fsp3) is 0.143. The fourth-order valence-electron chi connectivity index (χ4n) is 8.49. The summed E-state index contributed by atoms with van der Waals surface area (Å²) in [6.07, 6.45) is 0. The predicted octanol–water partition coefficient (Wildman–Crippen LogP) is 14.7. The highest BCUT2D eigenvalue weighted by molar-refractivity contribution is 5.63. The molecular weight excluding hydrogens is 701 g/mol. The van der Waals surface area contributed by atoms with Gasteiger partial charge < -0.3 is 0 Å². The maximum atomic E-state index is 4.77. The van der Waals surface area contributed by atoms with Crippen molar-refractivity contribution in [2.75, 3.05) is 0 Å². The number of nitrogens with zero attached hydrogens (tertiary/aromatic N) is 2. The molecule has 8 rings (SSSR count). The SMILES string of the molecule is Cc1ccc(C(c2ccc(C)cc2)(c2ccc(C)cc2)c2ccc(N=Nc3ccc(C(c4ccc(C)cc4)(c4ccc(C)cc4)c4ccc(C)cc4)cc3)cc2)cc1. The van der Waals surface area contributed by atoms with E-state index >= 15 is 0 Å². The highest BCUT2D eigenvalue weighted by atomic mass is 15.1. The zero-order chi connectivity index (χ0) is 40.3. The second-order valence-electron chi connectivity index (χ2n) is 16.0. The van der Waals surface area contributed by atoms with Crippen molar-refractivity contribution in [3.63, 3.8) is 0 Å². The van der Waals surface area contributed by atoms with Gasteiger partial charge in [-0.2, -0.15) is 10.2 Å². The maximum Gasteiger partial charge on any atom is 0.0857 e. The molecule has 0 atom stereocenters. The second kappa shape index (κ2) is 16.1. The van der Waals surface area contributed by atoms with Crippen molar-refractivity contribution in [1.82, 2.24) is 0 Å². The molecule has 0 aliphatic heterocycles. The summed E-state index contributed by atoms with van der Waals surface area (Å²) in [5.41, 5.74) is 17.6. The van der Waals surface area contributed by atoms with Crippen LogP contribution in [0, 0.1) is 41.5 Å². The van der Waals surface area contributed by atoms with Crippen molar-refractivity contribution in [2.45, 2.75) is 52.4 Å². The summed E-state index contributed by atoms with van der Waals surface area (Å²) in [5.74, 6) is 0. The lowest BCUT2D eigenvalue weighted by Gasteiger charge is -2.37. The number of rotatable bonds is 10. The molecule has 0 saturated heterocycles. The summed E-state index contributed by atoms with van der Waals surface area (Å²) in [5, 5.41) is 9.55. The van der Waals surface area contributed by atoms with Gasteiger partial charge in [-0.1, -0.05) is 203 Å². The van der Waals surface area contributed by atoms with Gasteiger partial charge in [-0.25, -0.2) is 0 Å². The van der Waals surface area contributed by atoms with E-state index < -0.39 is 10.8 Å². The molecule has 0 unspecified atom stereocenters. The van der Waals surface area contributed by atoms with Gasteiger partial charge in [0.15, 0.2) is 0 Å². The lowest BCUT2D eigenvalue weighted by atomic mass is 9.65. The van der Waals surface area contributed by atoms with Gasteiger partial charge in [0.2, 0.25) is 0 Å². The van der Waals surface area contributed by atoms with Crippen LogP contribution in [0.3, 0.4) is 0 Å². The Morgan fingerprint density at radius 3 is 0.500 bits per heavy atom. The minimum atomic E-state index is -0.528. The third-order valence-corrected chi connectivity index (χ3v) is 11.8. The van der Waals surface area contributed by atoms with E-state index in [1.54, 1.807) is 0 Å². The Bertz CT molecular complexity index is 2220. The van der Waals surface area contributed by atoms with Crippen LogP contribution >= 0.6 is 0 Å². The molecule has 2 nitrogen and oxygen atoms in total. The van der Waals surface area contributed by atoms with Crippen molar-refractivity contribution in [1.29, 1.82) is 0 Å². The highest BCUT2D eigenvalue weighted by Gasteiger charge is 2.39. The maximum absolute atomic E-state index is 4.77. The Labute approximate surface area is 344 Å². The quantitative estimate of drug-likeness (QED) is 0.0982. The molecule has 0 N–H and O–H groups in total. The van der Waals surface area contributed by atoms with Gasteiger partial charge in [0.1, 0.15) is 0 Å². The van der Waals surface area contributed by atoms with E-state index in [0.717, 1.165) is 11.4 Å². The summed E-state index contributed by atoms with van der Waals surface area (Å²) in [4.78, 5) is 0. The largest absolute Gasteiger partial charge is 0.151 e. The van der Waals surface area contributed by atoms with Crippen LogP contribution in [-0.4, -0.2) is 0 Å². The predicted molar refractivity (Wildman–Crippen MR) is 242 cm³/mol. The minimum absolute atomic E-state index is 0.528. The van der Waals surface area contributed by atoms with Crippen molar-refractivity contribution in [3.8, 4) is 0 Å². The zero-order valence-electron chi connectivity index (χ0n) is 34.4.